The SMILES string of the molecule is O.O=C(O)c1ccccc1O.[Al]. The second-order valence-corrected chi connectivity index (χ2v) is 1.82. The number of phenols is 1. The molecular weight excluding hydrogens is 175 g/mol. The predicted molar refractivity (Wildman–Crippen MR) is 44.4 cm³/mol. The third-order valence-electron chi connectivity index (χ3n) is 1.13. The van der Waals surface area contributed by atoms with Crippen LogP contribution in [0.3, 0.4) is 0 Å². The molecule has 0 atom stereocenters. The summed E-state index contributed by atoms with van der Waals surface area (Å²) in [5.74, 6) is -1.31. The van der Waals surface area contributed by atoms with E-state index in [-0.39, 0.29) is 34.2 Å². The van der Waals surface area contributed by atoms with Gasteiger partial charge >= 0.3 is 5.97 Å². The van der Waals surface area contributed by atoms with Gasteiger partial charge in [0.1, 0.15) is 11.3 Å². The van der Waals surface area contributed by atoms with Gasteiger partial charge in [-0.1, -0.05) is 12.1 Å². The van der Waals surface area contributed by atoms with E-state index >= 15 is 0 Å². The lowest BCUT2D eigenvalue weighted by molar-refractivity contribution is 0.0694. The molecule has 1 aromatic rings. The Morgan fingerprint density at radius 1 is 1.25 bits per heavy atom. The van der Waals surface area contributed by atoms with Crippen molar-refractivity contribution >= 4 is 23.3 Å². The number of benzene rings is 1. The fourth-order valence-electron chi connectivity index (χ4n) is 0.654. The lowest BCUT2D eigenvalue weighted by Gasteiger charge is -1.95. The average Bonchev–Trinajstić information content (AvgIpc) is 1.88. The maximum atomic E-state index is 10.3. The summed E-state index contributed by atoms with van der Waals surface area (Å²) in [5.41, 5.74) is -0.0671. The van der Waals surface area contributed by atoms with Crippen LogP contribution in [0.15, 0.2) is 24.3 Å². The first-order valence-electron chi connectivity index (χ1n) is 2.73. The van der Waals surface area contributed by atoms with E-state index in [9.17, 15) is 4.79 Å². The molecule has 0 saturated heterocycles. The number of para-hydroxylation sites is 1. The number of carboxylic acid groups (broad SMARTS) is 1. The van der Waals surface area contributed by atoms with E-state index in [4.69, 9.17) is 10.2 Å². The molecule has 4 nitrogen and oxygen atoms in total. The van der Waals surface area contributed by atoms with Crippen molar-refractivity contribution in [3.63, 3.8) is 0 Å². The van der Waals surface area contributed by atoms with Gasteiger partial charge in [-0.3, -0.25) is 0 Å². The van der Waals surface area contributed by atoms with Gasteiger partial charge < -0.3 is 15.7 Å². The van der Waals surface area contributed by atoms with E-state index in [1.807, 2.05) is 0 Å². The highest BCUT2D eigenvalue weighted by atomic mass is 27.0. The first-order chi connectivity index (χ1) is 4.72. The Labute approximate surface area is 79.9 Å². The predicted octanol–water partition coefficient (Wildman–Crippen LogP) is -0.115. The number of carbonyl (C=O) groups is 1. The van der Waals surface area contributed by atoms with Crippen molar-refractivity contribution in [1.29, 1.82) is 0 Å². The van der Waals surface area contributed by atoms with E-state index < -0.39 is 5.97 Å². The van der Waals surface area contributed by atoms with Gasteiger partial charge in [0.15, 0.2) is 0 Å². The van der Waals surface area contributed by atoms with Crippen LogP contribution in [0.5, 0.6) is 5.75 Å². The molecule has 0 spiro atoms. The molecule has 1 rings (SSSR count). The molecule has 0 aliphatic heterocycles. The summed E-state index contributed by atoms with van der Waals surface area (Å²) in [4.78, 5) is 10.3. The molecule has 0 aliphatic carbocycles. The van der Waals surface area contributed by atoms with Crippen LogP contribution in [0.1, 0.15) is 10.4 Å². The Morgan fingerprint density at radius 3 is 2.08 bits per heavy atom. The van der Waals surface area contributed by atoms with Crippen molar-refractivity contribution in [3.8, 4) is 5.75 Å². The summed E-state index contributed by atoms with van der Waals surface area (Å²) >= 11 is 0. The largest absolute Gasteiger partial charge is 0.507 e. The van der Waals surface area contributed by atoms with Gasteiger partial charge in [0.05, 0.1) is 0 Å². The number of hydrogen-bond acceptors (Lipinski definition) is 2. The zero-order valence-corrected chi connectivity index (χ0v) is 7.34. The standard InChI is InChI=1S/C7H6O3.Al.H2O/c8-6-4-2-1-3-5(6)7(9)10;;/h1-4,8H,(H,9,10);;1H2. The second kappa shape index (κ2) is 5.61. The average molecular weight is 183 g/mol. The molecule has 0 bridgehead atoms. The van der Waals surface area contributed by atoms with Crippen molar-refractivity contribution in [2.45, 2.75) is 0 Å². The minimum atomic E-state index is -1.11. The summed E-state index contributed by atoms with van der Waals surface area (Å²) in [6.07, 6.45) is 0. The Bertz CT molecular complexity index is 261. The van der Waals surface area contributed by atoms with E-state index in [0.717, 1.165) is 0 Å². The summed E-state index contributed by atoms with van der Waals surface area (Å²) in [5, 5.41) is 17.3. The van der Waals surface area contributed by atoms with Gasteiger partial charge in [-0.15, -0.1) is 0 Å². The number of aromatic carboxylic acids is 1. The van der Waals surface area contributed by atoms with Gasteiger partial charge in [0, 0.05) is 17.4 Å². The Morgan fingerprint density at radius 2 is 1.75 bits per heavy atom. The van der Waals surface area contributed by atoms with Gasteiger partial charge in [0.25, 0.3) is 0 Å². The molecule has 0 amide bonds. The smallest absolute Gasteiger partial charge is 0.339 e. The van der Waals surface area contributed by atoms with Gasteiger partial charge in [-0.2, -0.15) is 0 Å². The first-order valence-corrected chi connectivity index (χ1v) is 2.73. The molecule has 0 aromatic heterocycles. The van der Waals surface area contributed by atoms with E-state index in [1.54, 1.807) is 12.1 Å². The van der Waals surface area contributed by atoms with Crippen LogP contribution >= 0.6 is 0 Å². The quantitative estimate of drug-likeness (QED) is 0.595. The molecule has 63 valence electrons. The van der Waals surface area contributed by atoms with Gasteiger partial charge in [0.2, 0.25) is 0 Å². The topological polar surface area (TPSA) is 89.0 Å². The van der Waals surface area contributed by atoms with Gasteiger partial charge in [-0.05, 0) is 12.1 Å². The fourth-order valence-corrected chi connectivity index (χ4v) is 0.654. The van der Waals surface area contributed by atoms with Crippen LogP contribution in [0.4, 0.5) is 0 Å². The third-order valence-corrected chi connectivity index (χ3v) is 1.13. The van der Waals surface area contributed by atoms with E-state index in [0.29, 0.717) is 0 Å². The van der Waals surface area contributed by atoms with Crippen LogP contribution in [0.25, 0.3) is 0 Å². The Balaban J connectivity index is 0. The van der Waals surface area contributed by atoms with Crippen molar-refractivity contribution in [3.05, 3.63) is 29.8 Å². The van der Waals surface area contributed by atoms with Crippen molar-refractivity contribution < 1.29 is 20.5 Å². The zero-order chi connectivity index (χ0) is 7.56. The summed E-state index contributed by atoms with van der Waals surface area (Å²) in [6.45, 7) is 0. The van der Waals surface area contributed by atoms with Crippen molar-refractivity contribution in [1.82, 2.24) is 0 Å². The van der Waals surface area contributed by atoms with E-state index in [2.05, 4.69) is 0 Å². The maximum Gasteiger partial charge on any atom is 0.339 e. The lowest BCUT2D eigenvalue weighted by Crippen LogP contribution is -1.95. The highest BCUT2D eigenvalue weighted by Crippen LogP contribution is 2.14. The minimum Gasteiger partial charge on any atom is -0.507 e. The molecule has 0 fully saturated rings. The molecule has 5 heteroatoms. The molecule has 4 N–H and O–H groups in total. The van der Waals surface area contributed by atoms with Crippen molar-refractivity contribution in [2.24, 2.45) is 0 Å². The molecule has 0 heterocycles. The first kappa shape index (κ1) is 13.6. The van der Waals surface area contributed by atoms with Crippen LogP contribution in [0.2, 0.25) is 0 Å². The second-order valence-electron chi connectivity index (χ2n) is 1.82. The normalized spacial score (nSPS) is 7.67. The van der Waals surface area contributed by atoms with Crippen LogP contribution in [-0.4, -0.2) is 39.0 Å². The minimum absolute atomic E-state index is 0. The van der Waals surface area contributed by atoms with E-state index in [1.165, 1.54) is 12.1 Å². The summed E-state index contributed by atoms with van der Waals surface area (Å²) < 4.78 is 0. The van der Waals surface area contributed by atoms with Crippen LogP contribution < -0.4 is 0 Å². The Hall–Kier alpha value is -1.02. The molecule has 12 heavy (non-hydrogen) atoms. The summed E-state index contributed by atoms with van der Waals surface area (Å²) in [6, 6.07) is 5.81. The highest BCUT2D eigenvalue weighted by molar-refractivity contribution is 5.90. The molecule has 1 aromatic carbocycles. The van der Waals surface area contributed by atoms with Gasteiger partial charge in [-0.25, -0.2) is 4.79 Å². The zero-order valence-electron chi connectivity index (χ0n) is 6.19. The number of carboxylic acids is 1. The fraction of sp³-hybridized carbons (Fsp3) is 0. The monoisotopic (exact) mass is 183 g/mol. The summed E-state index contributed by atoms with van der Waals surface area (Å²) in [7, 11) is 0. The van der Waals surface area contributed by atoms with Crippen LogP contribution in [-0.2, 0) is 0 Å². The number of rotatable bonds is 1. The molecular formula is C7H8AlO4. The molecule has 0 aliphatic rings. The molecule has 0 saturated carbocycles. The molecule has 3 radical (unpaired) electrons. The third kappa shape index (κ3) is 2.93. The maximum absolute atomic E-state index is 10.3. The Kier molecular flexibility index (Phi) is 6.34. The highest BCUT2D eigenvalue weighted by Gasteiger charge is 2.05. The number of hydrogen-bond donors (Lipinski definition) is 2. The van der Waals surface area contributed by atoms with Crippen molar-refractivity contribution in [2.75, 3.05) is 0 Å². The lowest BCUT2D eigenvalue weighted by atomic mass is 10.2. The van der Waals surface area contributed by atoms with Crippen LogP contribution in [0, 0.1) is 0 Å². The molecule has 0 unspecified atom stereocenters. The number of aromatic hydroxyl groups is 1.